The first kappa shape index (κ1) is 16.7. The van der Waals surface area contributed by atoms with E-state index in [1.54, 1.807) is 5.32 Å². The molecule has 0 bridgehead atoms. The summed E-state index contributed by atoms with van der Waals surface area (Å²) in [6.07, 6.45) is 0.941. The minimum absolute atomic E-state index is 0.435. The summed E-state index contributed by atoms with van der Waals surface area (Å²) in [4.78, 5) is 16.2. The molecule has 0 spiro atoms. The zero-order valence-corrected chi connectivity index (χ0v) is 12.2. The van der Waals surface area contributed by atoms with Crippen LogP contribution in [0.3, 0.4) is 0 Å². The number of amides is 2. The van der Waals surface area contributed by atoms with E-state index in [1.165, 1.54) is 12.1 Å². The number of fused-ring (bicyclic) bond motifs is 1. The number of anilines is 1. The van der Waals surface area contributed by atoms with Crippen LogP contribution in [0.15, 0.2) is 36.5 Å². The van der Waals surface area contributed by atoms with Crippen molar-refractivity contribution in [2.24, 2.45) is 0 Å². The lowest BCUT2D eigenvalue weighted by atomic mass is 9.81. The number of halogens is 5. The summed E-state index contributed by atoms with van der Waals surface area (Å²) in [7, 11) is 0. The van der Waals surface area contributed by atoms with E-state index in [0.29, 0.717) is 11.0 Å². The second-order valence-electron chi connectivity index (χ2n) is 5.11. The number of urea groups is 1. The number of benzene rings is 1. The van der Waals surface area contributed by atoms with Crippen LogP contribution in [0.1, 0.15) is 11.3 Å². The van der Waals surface area contributed by atoms with Crippen LogP contribution in [-0.2, 0) is 5.54 Å². The van der Waals surface area contributed by atoms with E-state index in [2.05, 4.69) is 4.98 Å². The fraction of sp³-hybridized carbons (Fsp3) is 0.125. The normalized spacial score (nSPS) is 19.8. The summed E-state index contributed by atoms with van der Waals surface area (Å²) in [5.41, 5.74) is -5.86. The Morgan fingerprint density at radius 2 is 1.92 bits per heavy atom. The van der Waals surface area contributed by atoms with E-state index in [9.17, 15) is 26.7 Å². The molecule has 4 nitrogen and oxygen atoms in total. The van der Waals surface area contributed by atoms with Crippen LogP contribution in [0.5, 0.6) is 0 Å². The highest BCUT2D eigenvalue weighted by atomic mass is 19.4. The van der Waals surface area contributed by atoms with Crippen molar-refractivity contribution in [1.29, 1.82) is 0 Å². The van der Waals surface area contributed by atoms with Gasteiger partial charge in [0, 0.05) is 12.2 Å². The summed E-state index contributed by atoms with van der Waals surface area (Å²) in [5, 5.41) is 1.66. The molecule has 128 valence electrons. The average molecular weight is 353 g/mol. The second-order valence-corrected chi connectivity index (χ2v) is 5.11. The van der Waals surface area contributed by atoms with Crippen molar-refractivity contribution >= 4 is 11.7 Å². The van der Waals surface area contributed by atoms with Crippen LogP contribution in [0, 0.1) is 24.1 Å². The Labute approximate surface area is 138 Å². The molecule has 1 unspecified atom stereocenters. The lowest BCUT2D eigenvalue weighted by molar-refractivity contribution is -0.186. The number of hydrogen-bond donors (Lipinski definition) is 1. The molecular weight excluding hydrogens is 345 g/mol. The predicted molar refractivity (Wildman–Crippen MR) is 77.3 cm³/mol. The van der Waals surface area contributed by atoms with Crippen LogP contribution in [0.2, 0.25) is 0 Å². The molecule has 2 amide bonds. The Hall–Kier alpha value is -3.15. The number of nitrogens with zero attached hydrogens (tertiary/aromatic N) is 2. The van der Waals surface area contributed by atoms with Gasteiger partial charge >= 0.3 is 12.2 Å². The van der Waals surface area contributed by atoms with Crippen molar-refractivity contribution in [1.82, 2.24) is 10.3 Å². The molecule has 0 radical (unpaired) electrons. The Balaban J connectivity index is 2.48. The molecular formula is C16H8F5N3O. The Morgan fingerprint density at radius 1 is 1.20 bits per heavy atom. The first-order valence-electron chi connectivity index (χ1n) is 6.79. The predicted octanol–water partition coefficient (Wildman–Crippen LogP) is 3.29. The first-order valence-corrected chi connectivity index (χ1v) is 6.79. The lowest BCUT2D eigenvalue weighted by Crippen LogP contribution is -2.63. The summed E-state index contributed by atoms with van der Waals surface area (Å²) in [6.45, 7) is 0. The highest BCUT2D eigenvalue weighted by Crippen LogP contribution is 2.50. The summed E-state index contributed by atoms with van der Waals surface area (Å²) in [5.74, 6) is -3.29. The lowest BCUT2D eigenvalue weighted by Gasteiger charge is -2.42. The third-order valence-electron chi connectivity index (χ3n) is 3.79. The number of alkyl halides is 3. The van der Waals surface area contributed by atoms with Gasteiger partial charge in [-0.1, -0.05) is 12.5 Å². The standard InChI is InChI=1S/C16H8F5N3O/c1-2-24-10-7-6-9(17)13(18)12(10)15(16(19,20)21,23-14(24)25)11-5-3-4-8-22-11/h1,3-8H,(H,23,25). The van der Waals surface area contributed by atoms with E-state index in [-0.39, 0.29) is 0 Å². The van der Waals surface area contributed by atoms with Gasteiger partial charge < -0.3 is 5.32 Å². The van der Waals surface area contributed by atoms with Gasteiger partial charge in [0.25, 0.3) is 0 Å². The summed E-state index contributed by atoms with van der Waals surface area (Å²) >= 11 is 0. The third kappa shape index (κ3) is 2.21. The van der Waals surface area contributed by atoms with Crippen LogP contribution < -0.4 is 10.2 Å². The third-order valence-corrected chi connectivity index (χ3v) is 3.79. The zero-order valence-electron chi connectivity index (χ0n) is 12.2. The van der Waals surface area contributed by atoms with Gasteiger partial charge in [0.1, 0.15) is 0 Å². The van der Waals surface area contributed by atoms with Gasteiger partial charge in [-0.25, -0.2) is 18.5 Å². The second kappa shape index (κ2) is 5.44. The molecule has 25 heavy (non-hydrogen) atoms. The van der Waals surface area contributed by atoms with E-state index >= 15 is 0 Å². The number of terminal acetylenes is 1. The molecule has 1 aromatic carbocycles. The molecule has 1 aliphatic heterocycles. The fourth-order valence-electron chi connectivity index (χ4n) is 2.73. The minimum Gasteiger partial charge on any atom is -0.314 e. The molecule has 1 atom stereocenters. The largest absolute Gasteiger partial charge is 0.421 e. The topological polar surface area (TPSA) is 45.2 Å². The van der Waals surface area contributed by atoms with Crippen LogP contribution in [0.4, 0.5) is 32.4 Å². The van der Waals surface area contributed by atoms with Gasteiger partial charge in [-0.3, -0.25) is 4.98 Å². The van der Waals surface area contributed by atoms with Crippen molar-refractivity contribution in [3.05, 3.63) is 59.4 Å². The molecule has 1 aliphatic rings. The van der Waals surface area contributed by atoms with E-state index < -0.39 is 46.3 Å². The zero-order chi connectivity index (χ0) is 18.4. The highest BCUT2D eigenvalue weighted by molar-refractivity contribution is 5.99. The van der Waals surface area contributed by atoms with Gasteiger partial charge in [-0.05, 0) is 24.3 Å². The van der Waals surface area contributed by atoms with Crippen molar-refractivity contribution in [3.8, 4) is 12.5 Å². The van der Waals surface area contributed by atoms with Gasteiger partial charge in [-0.15, -0.1) is 0 Å². The number of rotatable bonds is 1. The first-order chi connectivity index (χ1) is 11.7. The highest BCUT2D eigenvalue weighted by Gasteiger charge is 2.64. The fourth-order valence-corrected chi connectivity index (χ4v) is 2.73. The maximum absolute atomic E-state index is 14.5. The number of carbonyl (C=O) groups is 1. The molecule has 1 N–H and O–H groups in total. The average Bonchev–Trinajstić information content (AvgIpc) is 2.57. The van der Waals surface area contributed by atoms with Crippen LogP contribution in [-0.4, -0.2) is 17.2 Å². The quantitative estimate of drug-likeness (QED) is 0.632. The minimum atomic E-state index is -5.24. The maximum Gasteiger partial charge on any atom is 0.421 e. The van der Waals surface area contributed by atoms with Crippen LogP contribution in [0.25, 0.3) is 0 Å². The number of nitrogens with one attached hydrogen (secondary N) is 1. The van der Waals surface area contributed by atoms with Gasteiger partial charge in [0.05, 0.1) is 16.9 Å². The number of carbonyl (C=O) groups excluding carboxylic acids is 1. The van der Waals surface area contributed by atoms with Crippen molar-refractivity contribution in [2.75, 3.05) is 4.90 Å². The molecule has 0 saturated heterocycles. The van der Waals surface area contributed by atoms with Gasteiger partial charge in [-0.2, -0.15) is 13.2 Å². The molecule has 3 rings (SSSR count). The maximum atomic E-state index is 14.5. The molecule has 0 fully saturated rings. The number of pyridine rings is 1. The van der Waals surface area contributed by atoms with Crippen molar-refractivity contribution in [2.45, 2.75) is 11.7 Å². The molecule has 0 saturated carbocycles. The molecule has 1 aromatic heterocycles. The summed E-state index contributed by atoms with van der Waals surface area (Å²) in [6, 6.07) is 5.46. The van der Waals surface area contributed by atoms with Gasteiger partial charge in [0.2, 0.25) is 5.54 Å². The van der Waals surface area contributed by atoms with E-state index in [1.807, 2.05) is 6.04 Å². The van der Waals surface area contributed by atoms with E-state index in [4.69, 9.17) is 6.42 Å². The molecule has 2 heterocycles. The number of aromatic nitrogens is 1. The number of hydrogen-bond acceptors (Lipinski definition) is 2. The van der Waals surface area contributed by atoms with Crippen LogP contribution >= 0.6 is 0 Å². The SMILES string of the molecule is C#CN1C(=O)NC(c2ccccn2)(C(F)(F)F)c2c1ccc(F)c2F. The molecule has 9 heteroatoms. The van der Waals surface area contributed by atoms with Crippen molar-refractivity contribution in [3.63, 3.8) is 0 Å². The van der Waals surface area contributed by atoms with Gasteiger partial charge in [0.15, 0.2) is 11.6 Å². The molecule has 2 aromatic rings. The van der Waals surface area contributed by atoms with Crippen molar-refractivity contribution < 1.29 is 26.7 Å². The summed E-state index contributed by atoms with van der Waals surface area (Å²) < 4.78 is 70.4. The molecule has 0 aliphatic carbocycles. The Bertz CT molecular complexity index is 891. The van der Waals surface area contributed by atoms with E-state index in [0.717, 1.165) is 18.3 Å². The monoisotopic (exact) mass is 353 g/mol. The Morgan fingerprint density at radius 3 is 2.48 bits per heavy atom. The Kier molecular flexibility index (Phi) is 3.64. The smallest absolute Gasteiger partial charge is 0.314 e.